The summed E-state index contributed by atoms with van der Waals surface area (Å²) in [4.78, 5) is 12.3. The van der Waals surface area contributed by atoms with Crippen LogP contribution >= 0.6 is 23.1 Å². The fourth-order valence-corrected chi connectivity index (χ4v) is 4.44. The monoisotopic (exact) mass is 382 g/mol. The largest absolute Gasteiger partial charge is 0.325 e. The zero-order valence-electron chi connectivity index (χ0n) is 14.5. The maximum Gasteiger partial charge on any atom is 0.234 e. The van der Waals surface area contributed by atoms with Gasteiger partial charge in [0.15, 0.2) is 0 Å². The SMILES string of the molecule is CCc1ccc(NC(=O)CSc2nnc(C)n3c2cc2sccc23)cc1. The van der Waals surface area contributed by atoms with Gasteiger partial charge in [0.05, 0.1) is 21.5 Å². The number of hydrogen-bond acceptors (Lipinski definition) is 5. The molecular weight excluding hydrogens is 364 g/mol. The molecule has 0 aliphatic heterocycles. The van der Waals surface area contributed by atoms with E-state index in [0.29, 0.717) is 5.75 Å². The topological polar surface area (TPSA) is 59.3 Å². The predicted octanol–water partition coefficient (Wildman–Crippen LogP) is 4.55. The van der Waals surface area contributed by atoms with Gasteiger partial charge in [-0.1, -0.05) is 30.8 Å². The van der Waals surface area contributed by atoms with Crippen molar-refractivity contribution in [2.45, 2.75) is 25.3 Å². The van der Waals surface area contributed by atoms with E-state index in [2.05, 4.69) is 44.4 Å². The van der Waals surface area contributed by atoms with E-state index in [9.17, 15) is 4.79 Å². The molecule has 26 heavy (non-hydrogen) atoms. The maximum absolute atomic E-state index is 12.3. The predicted molar refractivity (Wildman–Crippen MR) is 108 cm³/mol. The van der Waals surface area contributed by atoms with Gasteiger partial charge in [-0.15, -0.1) is 21.5 Å². The van der Waals surface area contributed by atoms with Crippen molar-refractivity contribution in [3.05, 3.63) is 53.2 Å². The minimum absolute atomic E-state index is 0.0480. The summed E-state index contributed by atoms with van der Waals surface area (Å²) in [5.74, 6) is 1.09. The molecule has 0 aliphatic rings. The molecule has 0 unspecified atom stereocenters. The van der Waals surface area contributed by atoms with Crippen LogP contribution in [0.4, 0.5) is 5.69 Å². The summed E-state index contributed by atoms with van der Waals surface area (Å²) in [6, 6.07) is 12.1. The summed E-state index contributed by atoms with van der Waals surface area (Å²) in [7, 11) is 0. The van der Waals surface area contributed by atoms with Crippen LogP contribution in [0.1, 0.15) is 18.3 Å². The van der Waals surface area contributed by atoms with Crippen LogP contribution < -0.4 is 5.32 Å². The zero-order valence-corrected chi connectivity index (χ0v) is 16.2. The van der Waals surface area contributed by atoms with Crippen molar-refractivity contribution in [1.29, 1.82) is 0 Å². The first-order valence-electron chi connectivity index (χ1n) is 8.39. The quantitative estimate of drug-likeness (QED) is 0.515. The molecule has 0 aliphatic carbocycles. The van der Waals surface area contributed by atoms with Gasteiger partial charge in [-0.05, 0) is 48.6 Å². The zero-order chi connectivity index (χ0) is 18.1. The van der Waals surface area contributed by atoms with E-state index >= 15 is 0 Å². The second-order valence-electron chi connectivity index (χ2n) is 5.97. The van der Waals surface area contributed by atoms with Gasteiger partial charge >= 0.3 is 0 Å². The number of rotatable bonds is 5. The van der Waals surface area contributed by atoms with Crippen LogP contribution in [-0.4, -0.2) is 26.3 Å². The lowest BCUT2D eigenvalue weighted by molar-refractivity contribution is -0.113. The van der Waals surface area contributed by atoms with Crippen molar-refractivity contribution in [1.82, 2.24) is 14.6 Å². The number of amides is 1. The highest BCUT2D eigenvalue weighted by molar-refractivity contribution is 8.00. The summed E-state index contributed by atoms with van der Waals surface area (Å²) >= 11 is 3.11. The Hall–Kier alpha value is -2.38. The van der Waals surface area contributed by atoms with E-state index in [1.807, 2.05) is 31.2 Å². The Kier molecular flexibility index (Phi) is 4.65. The van der Waals surface area contributed by atoms with E-state index in [4.69, 9.17) is 0 Å². The smallest absolute Gasteiger partial charge is 0.234 e. The molecular formula is C19H18N4OS2. The normalized spacial score (nSPS) is 11.3. The summed E-state index contributed by atoms with van der Waals surface area (Å²) in [6.45, 7) is 4.05. The molecule has 0 spiro atoms. The molecule has 4 rings (SSSR count). The molecule has 1 N–H and O–H groups in total. The number of thioether (sulfide) groups is 1. The third-order valence-electron chi connectivity index (χ3n) is 4.24. The van der Waals surface area contributed by atoms with Crippen LogP contribution in [0, 0.1) is 6.92 Å². The lowest BCUT2D eigenvalue weighted by Gasteiger charge is -2.07. The number of carbonyl (C=O) groups is 1. The molecule has 3 aromatic heterocycles. The van der Waals surface area contributed by atoms with Gasteiger partial charge in [0.25, 0.3) is 0 Å². The van der Waals surface area contributed by atoms with Crippen molar-refractivity contribution >= 4 is 50.4 Å². The average molecular weight is 383 g/mol. The number of aromatic nitrogens is 3. The third kappa shape index (κ3) is 3.20. The molecule has 0 saturated carbocycles. The molecule has 0 bridgehead atoms. The Morgan fingerprint density at radius 1 is 1.19 bits per heavy atom. The Labute approximate surface area is 159 Å². The highest BCUT2D eigenvalue weighted by Crippen LogP contribution is 2.30. The minimum atomic E-state index is -0.0480. The van der Waals surface area contributed by atoms with Gasteiger partial charge in [0.1, 0.15) is 10.9 Å². The number of benzene rings is 1. The molecule has 132 valence electrons. The fourth-order valence-electron chi connectivity index (χ4n) is 2.90. The van der Waals surface area contributed by atoms with Crippen molar-refractivity contribution < 1.29 is 4.79 Å². The molecule has 0 fully saturated rings. The average Bonchev–Trinajstić information content (AvgIpc) is 3.23. The summed E-state index contributed by atoms with van der Waals surface area (Å²) in [6.07, 6.45) is 0.987. The second kappa shape index (κ2) is 7.09. The molecule has 5 nitrogen and oxygen atoms in total. The summed E-state index contributed by atoms with van der Waals surface area (Å²) < 4.78 is 3.30. The molecule has 7 heteroatoms. The Morgan fingerprint density at radius 2 is 2.00 bits per heavy atom. The number of hydrogen-bond donors (Lipinski definition) is 1. The van der Waals surface area contributed by atoms with Gasteiger partial charge < -0.3 is 5.32 Å². The molecule has 0 saturated heterocycles. The Balaban J connectivity index is 1.50. The highest BCUT2D eigenvalue weighted by Gasteiger charge is 2.14. The lowest BCUT2D eigenvalue weighted by atomic mass is 10.1. The van der Waals surface area contributed by atoms with Gasteiger partial charge in [0.2, 0.25) is 5.91 Å². The Morgan fingerprint density at radius 3 is 2.77 bits per heavy atom. The first kappa shape index (κ1) is 17.1. The third-order valence-corrected chi connectivity index (χ3v) is 6.06. The minimum Gasteiger partial charge on any atom is -0.325 e. The molecule has 1 aromatic carbocycles. The number of fused-ring (bicyclic) bond motifs is 3. The van der Waals surface area contributed by atoms with Crippen LogP contribution in [0.3, 0.4) is 0 Å². The summed E-state index contributed by atoms with van der Waals surface area (Å²) in [5.41, 5.74) is 4.21. The maximum atomic E-state index is 12.3. The first-order valence-corrected chi connectivity index (χ1v) is 10.3. The number of nitrogens with zero attached hydrogens (tertiary/aromatic N) is 3. The van der Waals surface area contributed by atoms with Crippen LogP contribution in [0.15, 0.2) is 46.8 Å². The van der Waals surface area contributed by atoms with Crippen molar-refractivity contribution in [3.8, 4) is 0 Å². The number of thiophene rings is 1. The number of aryl methyl sites for hydroxylation is 2. The van der Waals surface area contributed by atoms with Crippen LogP contribution in [-0.2, 0) is 11.2 Å². The van der Waals surface area contributed by atoms with Crippen LogP contribution in [0.2, 0.25) is 0 Å². The van der Waals surface area contributed by atoms with E-state index in [-0.39, 0.29) is 5.91 Å². The number of anilines is 1. The first-order chi connectivity index (χ1) is 12.7. The standard InChI is InChI=1S/C19H18N4OS2/c1-3-13-4-6-14(7-5-13)20-18(24)11-26-19-16-10-17-15(8-9-25-17)23(16)12(2)21-22-19/h4-10H,3,11H2,1-2H3,(H,20,24). The van der Waals surface area contributed by atoms with Gasteiger partial charge in [-0.25, -0.2) is 0 Å². The van der Waals surface area contributed by atoms with Crippen LogP contribution in [0.5, 0.6) is 0 Å². The van der Waals surface area contributed by atoms with Gasteiger partial charge in [0, 0.05) is 5.69 Å². The van der Waals surface area contributed by atoms with E-state index < -0.39 is 0 Å². The van der Waals surface area contributed by atoms with E-state index in [1.54, 1.807) is 11.3 Å². The highest BCUT2D eigenvalue weighted by atomic mass is 32.2. The van der Waals surface area contributed by atoms with Crippen LogP contribution in [0.25, 0.3) is 15.7 Å². The molecule has 4 aromatic rings. The van der Waals surface area contributed by atoms with E-state index in [1.165, 1.54) is 22.0 Å². The number of nitrogens with one attached hydrogen (secondary N) is 1. The second-order valence-corrected chi connectivity index (χ2v) is 7.89. The molecule has 0 radical (unpaired) electrons. The molecule has 3 heterocycles. The Bertz CT molecular complexity index is 1080. The number of carbonyl (C=O) groups excluding carboxylic acids is 1. The molecule has 1 amide bonds. The van der Waals surface area contributed by atoms with Crippen molar-refractivity contribution in [3.63, 3.8) is 0 Å². The lowest BCUT2D eigenvalue weighted by Crippen LogP contribution is -2.14. The van der Waals surface area contributed by atoms with Crippen molar-refractivity contribution in [2.24, 2.45) is 0 Å². The van der Waals surface area contributed by atoms with Crippen molar-refractivity contribution in [2.75, 3.05) is 11.1 Å². The van der Waals surface area contributed by atoms with Gasteiger partial charge in [-0.2, -0.15) is 0 Å². The fraction of sp³-hybridized carbons (Fsp3) is 0.211. The van der Waals surface area contributed by atoms with Gasteiger partial charge in [-0.3, -0.25) is 9.20 Å². The van der Waals surface area contributed by atoms with E-state index in [0.717, 1.165) is 34.0 Å². The summed E-state index contributed by atoms with van der Waals surface area (Å²) in [5, 5.41) is 14.3. The molecule has 0 atom stereocenters.